The van der Waals surface area contributed by atoms with E-state index >= 15 is 0 Å². The molecule has 0 radical (unpaired) electrons. The Balaban J connectivity index is 1.76. The third kappa shape index (κ3) is 3.50. The average molecular weight is 494 g/mol. The lowest BCUT2D eigenvalue weighted by atomic mass is 9.88. The lowest BCUT2D eigenvalue weighted by Gasteiger charge is -2.38. The van der Waals surface area contributed by atoms with E-state index in [-0.39, 0.29) is 28.7 Å². The summed E-state index contributed by atoms with van der Waals surface area (Å²) in [6.07, 6.45) is 0. The van der Waals surface area contributed by atoms with Crippen LogP contribution in [0.2, 0.25) is 5.02 Å². The normalized spacial score (nSPS) is 18.6. The summed E-state index contributed by atoms with van der Waals surface area (Å²) >= 11 is 6.20. The van der Waals surface area contributed by atoms with Gasteiger partial charge >= 0.3 is 0 Å². The van der Waals surface area contributed by atoms with Crippen molar-refractivity contribution in [1.82, 2.24) is 0 Å². The molecule has 0 aliphatic carbocycles. The number of nitrogens with zero attached hydrogens (tertiary/aromatic N) is 2. The molecule has 0 fully saturated rings. The molecule has 34 heavy (non-hydrogen) atoms. The van der Waals surface area contributed by atoms with Gasteiger partial charge in [0.25, 0.3) is 10.0 Å². The van der Waals surface area contributed by atoms with Crippen molar-refractivity contribution in [2.45, 2.75) is 12.5 Å². The van der Waals surface area contributed by atoms with Gasteiger partial charge in [0, 0.05) is 10.6 Å². The third-order valence-corrected chi connectivity index (χ3v) is 7.90. The SMILES string of the molecule is N#CC1=C(N)OC2=C(C1c1cccc(Cl)c1)S(=O)(=O)N(Cc1ccc(F)cc1)c1ccccc12. The number of hydrogen-bond acceptors (Lipinski definition) is 5. The molecule has 2 N–H and O–H groups in total. The number of halogens is 2. The van der Waals surface area contributed by atoms with Gasteiger partial charge in [0.05, 0.1) is 18.2 Å². The summed E-state index contributed by atoms with van der Waals surface area (Å²) in [5, 5.41) is 10.3. The number of benzene rings is 3. The first-order valence-electron chi connectivity index (χ1n) is 10.2. The van der Waals surface area contributed by atoms with Crippen molar-refractivity contribution >= 4 is 33.1 Å². The highest BCUT2D eigenvalue weighted by Gasteiger charge is 2.47. The summed E-state index contributed by atoms with van der Waals surface area (Å²) in [6, 6.07) is 21.1. The first-order chi connectivity index (χ1) is 16.3. The van der Waals surface area contributed by atoms with Gasteiger partial charge in [-0.3, -0.25) is 4.31 Å². The first-order valence-corrected chi connectivity index (χ1v) is 12.1. The highest BCUT2D eigenvalue weighted by molar-refractivity contribution is 7.96. The van der Waals surface area contributed by atoms with E-state index in [9.17, 15) is 18.1 Å². The molecule has 2 aliphatic rings. The molecule has 0 bridgehead atoms. The maximum absolute atomic E-state index is 14.1. The van der Waals surface area contributed by atoms with Crippen LogP contribution in [0.3, 0.4) is 0 Å². The maximum atomic E-state index is 14.1. The summed E-state index contributed by atoms with van der Waals surface area (Å²) in [7, 11) is -4.21. The van der Waals surface area contributed by atoms with E-state index in [1.54, 1.807) is 48.5 Å². The Kier molecular flexibility index (Phi) is 5.31. The number of sulfonamides is 1. The first kappa shape index (κ1) is 22.0. The fourth-order valence-electron chi connectivity index (χ4n) is 4.25. The Morgan fingerprint density at radius 2 is 1.82 bits per heavy atom. The monoisotopic (exact) mass is 493 g/mol. The van der Waals surface area contributed by atoms with Crippen LogP contribution in [0.5, 0.6) is 0 Å². The number of nitriles is 1. The van der Waals surface area contributed by atoms with Gasteiger partial charge in [-0.15, -0.1) is 0 Å². The van der Waals surface area contributed by atoms with Gasteiger partial charge in [-0.2, -0.15) is 5.26 Å². The zero-order chi connectivity index (χ0) is 24.0. The summed E-state index contributed by atoms with van der Waals surface area (Å²) in [6.45, 7) is -0.0419. The van der Waals surface area contributed by atoms with Crippen LogP contribution < -0.4 is 10.0 Å². The van der Waals surface area contributed by atoms with E-state index in [0.717, 1.165) is 0 Å². The van der Waals surface area contributed by atoms with E-state index in [4.69, 9.17) is 22.1 Å². The molecular formula is C25H17ClFN3O3S. The van der Waals surface area contributed by atoms with Gasteiger partial charge < -0.3 is 10.5 Å². The predicted molar refractivity (Wildman–Crippen MR) is 127 cm³/mol. The minimum atomic E-state index is -4.21. The largest absolute Gasteiger partial charge is 0.439 e. The molecule has 2 heterocycles. The molecule has 3 aromatic carbocycles. The summed E-state index contributed by atoms with van der Waals surface area (Å²) in [5.74, 6) is -1.52. The van der Waals surface area contributed by atoms with Crippen molar-refractivity contribution in [3.05, 3.63) is 117 Å². The zero-order valence-corrected chi connectivity index (χ0v) is 19.1. The molecule has 1 unspecified atom stereocenters. The van der Waals surface area contributed by atoms with E-state index in [0.29, 0.717) is 27.4 Å². The van der Waals surface area contributed by atoms with Crippen LogP contribution in [0.4, 0.5) is 10.1 Å². The van der Waals surface area contributed by atoms with Crippen LogP contribution >= 0.6 is 11.6 Å². The van der Waals surface area contributed by atoms with Gasteiger partial charge in [0.1, 0.15) is 22.4 Å². The lowest BCUT2D eigenvalue weighted by Crippen LogP contribution is -2.39. The Morgan fingerprint density at radius 3 is 2.53 bits per heavy atom. The number of ether oxygens (including phenoxy) is 1. The van der Waals surface area contributed by atoms with E-state index < -0.39 is 21.8 Å². The minimum Gasteiger partial charge on any atom is -0.439 e. The van der Waals surface area contributed by atoms with Gasteiger partial charge in [0.2, 0.25) is 5.88 Å². The Morgan fingerprint density at radius 1 is 1.09 bits per heavy atom. The highest BCUT2D eigenvalue weighted by Crippen LogP contribution is 2.51. The second-order valence-corrected chi connectivity index (χ2v) is 10.1. The summed E-state index contributed by atoms with van der Waals surface area (Å²) in [4.78, 5) is -0.0960. The molecule has 0 saturated heterocycles. The van der Waals surface area contributed by atoms with Crippen molar-refractivity contribution in [3.8, 4) is 6.07 Å². The maximum Gasteiger partial charge on any atom is 0.265 e. The van der Waals surface area contributed by atoms with Crippen molar-refractivity contribution in [3.63, 3.8) is 0 Å². The highest BCUT2D eigenvalue weighted by atomic mass is 35.5. The number of hydrogen-bond donors (Lipinski definition) is 1. The van der Waals surface area contributed by atoms with Crippen LogP contribution in [0.15, 0.2) is 89.2 Å². The molecule has 0 spiro atoms. The predicted octanol–water partition coefficient (Wildman–Crippen LogP) is 5.01. The lowest BCUT2D eigenvalue weighted by molar-refractivity contribution is 0.357. The Hall–Kier alpha value is -3.80. The average Bonchev–Trinajstić information content (AvgIpc) is 2.82. The van der Waals surface area contributed by atoms with Crippen molar-refractivity contribution in [2.24, 2.45) is 5.73 Å². The number of fused-ring (bicyclic) bond motifs is 2. The molecule has 0 saturated carbocycles. The summed E-state index contributed by atoms with van der Waals surface area (Å²) in [5.41, 5.74) is 8.08. The molecule has 9 heteroatoms. The standard InChI is InChI=1S/C25H17ClFN3O3S/c26-17-5-3-4-16(12-17)22-20(13-28)25(29)33-23-19-6-1-2-7-21(19)30(34(31,32)24(22)23)14-15-8-10-18(27)11-9-15/h1-12,22H,14,29H2. The second kappa shape index (κ2) is 8.20. The molecule has 6 nitrogen and oxygen atoms in total. The van der Waals surface area contributed by atoms with Crippen molar-refractivity contribution in [2.75, 3.05) is 4.31 Å². The van der Waals surface area contributed by atoms with Crippen molar-refractivity contribution in [1.29, 1.82) is 5.26 Å². The minimum absolute atomic E-state index is 0.0225. The van der Waals surface area contributed by atoms with Gasteiger partial charge in [-0.05, 0) is 47.5 Å². The van der Waals surface area contributed by atoms with Crippen LogP contribution in [0.1, 0.15) is 22.6 Å². The number of para-hydroxylation sites is 1. The van der Waals surface area contributed by atoms with E-state index in [1.807, 2.05) is 6.07 Å². The smallest absolute Gasteiger partial charge is 0.265 e. The van der Waals surface area contributed by atoms with Crippen LogP contribution in [0, 0.1) is 17.1 Å². The van der Waals surface area contributed by atoms with Crippen molar-refractivity contribution < 1.29 is 17.5 Å². The van der Waals surface area contributed by atoms with Crippen LogP contribution in [0.25, 0.3) is 5.76 Å². The molecule has 2 aliphatic heterocycles. The third-order valence-electron chi connectivity index (χ3n) is 5.78. The zero-order valence-electron chi connectivity index (χ0n) is 17.6. The van der Waals surface area contributed by atoms with Gasteiger partial charge in [-0.25, -0.2) is 12.8 Å². The fourth-order valence-corrected chi connectivity index (χ4v) is 6.37. The van der Waals surface area contributed by atoms with Crippen LogP contribution in [-0.2, 0) is 21.3 Å². The van der Waals surface area contributed by atoms with E-state index in [1.165, 1.54) is 28.6 Å². The fraction of sp³-hybridized carbons (Fsp3) is 0.0800. The summed E-state index contributed by atoms with van der Waals surface area (Å²) < 4.78 is 48.7. The Bertz CT molecular complexity index is 1530. The topological polar surface area (TPSA) is 96.4 Å². The van der Waals surface area contributed by atoms with Gasteiger partial charge in [0.15, 0.2) is 5.76 Å². The second-order valence-electron chi connectivity index (χ2n) is 7.83. The molecular weight excluding hydrogens is 477 g/mol. The molecule has 1 atom stereocenters. The number of rotatable bonds is 3. The van der Waals surface area contributed by atoms with Crippen LogP contribution in [-0.4, -0.2) is 8.42 Å². The molecule has 0 aromatic heterocycles. The van der Waals surface area contributed by atoms with Gasteiger partial charge in [-0.1, -0.05) is 48.0 Å². The number of nitrogens with two attached hydrogens (primary N) is 1. The number of anilines is 1. The molecule has 170 valence electrons. The quantitative estimate of drug-likeness (QED) is 0.553. The molecule has 3 aromatic rings. The molecule has 5 rings (SSSR count). The molecule has 0 amide bonds. The number of allylic oxidation sites excluding steroid dienone is 2. The Labute approximate surface area is 201 Å². The van der Waals surface area contributed by atoms with E-state index in [2.05, 4.69) is 0 Å².